The third kappa shape index (κ3) is 8.29. The predicted molar refractivity (Wildman–Crippen MR) is 72.0 cm³/mol. The second-order valence-electron chi connectivity index (χ2n) is 4.44. The van der Waals surface area contributed by atoms with Crippen LogP contribution in [0.3, 0.4) is 0 Å². The van der Waals surface area contributed by atoms with Gasteiger partial charge in [-0.3, -0.25) is 4.79 Å². The lowest BCUT2D eigenvalue weighted by Gasteiger charge is -2.16. The maximum absolute atomic E-state index is 11.6. The van der Waals surface area contributed by atoms with Crippen molar-refractivity contribution in [2.45, 2.75) is 52.1 Å². The Hall–Kier alpha value is -1.85. The summed E-state index contributed by atoms with van der Waals surface area (Å²) in [5.74, 6) is -2.71. The molecule has 0 atom stereocenters. The fourth-order valence-electron chi connectivity index (χ4n) is 1.61. The minimum atomic E-state index is -1.26. The monoisotopic (exact) mass is 286 g/mol. The first-order valence-corrected chi connectivity index (χ1v) is 6.66. The summed E-state index contributed by atoms with van der Waals surface area (Å²) in [5, 5.41) is 8.36. The second-order valence-corrected chi connectivity index (χ2v) is 4.44. The zero-order valence-electron chi connectivity index (χ0n) is 12.0. The average molecular weight is 286 g/mol. The van der Waals surface area contributed by atoms with E-state index in [0.717, 1.165) is 25.7 Å². The standard InChI is InChI=1S/C14H22O6/c1-4-6-11(7-5-2)20-13(17)8-10(3)14(18)19-9-12(15)16/h11H,3-9H2,1-2H3,(H,15,16). The highest BCUT2D eigenvalue weighted by molar-refractivity contribution is 5.94. The van der Waals surface area contributed by atoms with Crippen molar-refractivity contribution in [1.82, 2.24) is 0 Å². The zero-order chi connectivity index (χ0) is 15.5. The van der Waals surface area contributed by atoms with Gasteiger partial charge in [0.15, 0.2) is 6.61 Å². The molecule has 0 saturated carbocycles. The van der Waals surface area contributed by atoms with E-state index in [9.17, 15) is 14.4 Å². The molecular formula is C14H22O6. The van der Waals surface area contributed by atoms with E-state index in [1.54, 1.807) is 0 Å². The summed E-state index contributed by atoms with van der Waals surface area (Å²) >= 11 is 0. The smallest absolute Gasteiger partial charge is 0.341 e. The summed E-state index contributed by atoms with van der Waals surface area (Å²) in [5.41, 5.74) is -0.108. The third-order valence-corrected chi connectivity index (χ3v) is 2.49. The van der Waals surface area contributed by atoms with Crippen LogP contribution in [0.15, 0.2) is 12.2 Å². The molecule has 0 radical (unpaired) electrons. The van der Waals surface area contributed by atoms with Gasteiger partial charge in [-0.2, -0.15) is 0 Å². The molecule has 0 bridgehead atoms. The van der Waals surface area contributed by atoms with Gasteiger partial charge >= 0.3 is 17.9 Å². The van der Waals surface area contributed by atoms with Crippen LogP contribution in [0.2, 0.25) is 0 Å². The van der Waals surface area contributed by atoms with Crippen molar-refractivity contribution in [3.05, 3.63) is 12.2 Å². The summed E-state index contributed by atoms with van der Waals surface area (Å²) in [6.45, 7) is 6.65. The lowest BCUT2D eigenvalue weighted by molar-refractivity contribution is -0.154. The molecule has 0 aromatic heterocycles. The number of carboxylic acid groups (broad SMARTS) is 1. The quantitative estimate of drug-likeness (QED) is 0.488. The molecular weight excluding hydrogens is 264 g/mol. The van der Waals surface area contributed by atoms with Gasteiger partial charge in [0, 0.05) is 5.57 Å². The number of aliphatic carboxylic acids is 1. The molecule has 0 amide bonds. The van der Waals surface area contributed by atoms with Crippen LogP contribution < -0.4 is 0 Å². The Morgan fingerprint density at radius 2 is 1.70 bits per heavy atom. The lowest BCUT2D eigenvalue weighted by Crippen LogP contribution is -2.21. The van der Waals surface area contributed by atoms with E-state index in [-0.39, 0.29) is 18.1 Å². The summed E-state index contributed by atoms with van der Waals surface area (Å²) in [6.07, 6.45) is 2.91. The van der Waals surface area contributed by atoms with E-state index in [4.69, 9.17) is 9.84 Å². The van der Waals surface area contributed by atoms with Crippen molar-refractivity contribution in [2.24, 2.45) is 0 Å². The Labute approximate surface area is 118 Å². The van der Waals surface area contributed by atoms with Gasteiger partial charge in [0.1, 0.15) is 6.10 Å². The molecule has 0 aromatic rings. The van der Waals surface area contributed by atoms with Crippen molar-refractivity contribution in [3.8, 4) is 0 Å². The molecule has 0 aliphatic heterocycles. The number of carbonyl (C=O) groups excluding carboxylic acids is 2. The van der Waals surface area contributed by atoms with E-state index in [1.165, 1.54) is 0 Å². The number of esters is 2. The fourth-order valence-corrected chi connectivity index (χ4v) is 1.61. The van der Waals surface area contributed by atoms with Crippen LogP contribution in [-0.2, 0) is 23.9 Å². The van der Waals surface area contributed by atoms with E-state index >= 15 is 0 Å². The molecule has 0 heterocycles. The van der Waals surface area contributed by atoms with Gasteiger partial charge in [-0.05, 0) is 12.8 Å². The van der Waals surface area contributed by atoms with Gasteiger partial charge in [-0.15, -0.1) is 0 Å². The van der Waals surface area contributed by atoms with E-state index in [1.807, 2.05) is 13.8 Å². The summed E-state index contributed by atoms with van der Waals surface area (Å²) < 4.78 is 9.67. The van der Waals surface area contributed by atoms with Crippen LogP contribution in [0.1, 0.15) is 46.0 Å². The number of hydrogen-bond acceptors (Lipinski definition) is 5. The Kier molecular flexibility index (Phi) is 9.07. The van der Waals surface area contributed by atoms with Crippen molar-refractivity contribution in [2.75, 3.05) is 6.61 Å². The highest BCUT2D eigenvalue weighted by atomic mass is 16.6. The van der Waals surface area contributed by atoms with E-state index in [0.29, 0.717) is 0 Å². The molecule has 0 spiro atoms. The van der Waals surface area contributed by atoms with Gasteiger partial charge in [0.2, 0.25) is 0 Å². The molecule has 0 aliphatic rings. The van der Waals surface area contributed by atoms with Crippen LogP contribution in [0, 0.1) is 0 Å². The van der Waals surface area contributed by atoms with Crippen molar-refractivity contribution >= 4 is 17.9 Å². The molecule has 0 unspecified atom stereocenters. The molecule has 6 nitrogen and oxygen atoms in total. The maximum atomic E-state index is 11.6. The SMILES string of the molecule is C=C(CC(=O)OC(CCC)CCC)C(=O)OCC(=O)O. The maximum Gasteiger partial charge on any atom is 0.341 e. The zero-order valence-corrected chi connectivity index (χ0v) is 12.0. The molecule has 0 rings (SSSR count). The molecule has 1 N–H and O–H groups in total. The highest BCUT2D eigenvalue weighted by Gasteiger charge is 2.18. The normalized spacial score (nSPS) is 10.2. The molecule has 114 valence electrons. The Balaban J connectivity index is 4.19. The molecule has 6 heteroatoms. The van der Waals surface area contributed by atoms with Crippen LogP contribution in [0.5, 0.6) is 0 Å². The van der Waals surface area contributed by atoms with Crippen molar-refractivity contribution in [3.63, 3.8) is 0 Å². The molecule has 20 heavy (non-hydrogen) atoms. The first-order valence-electron chi connectivity index (χ1n) is 6.66. The molecule has 0 aliphatic carbocycles. The summed E-state index contributed by atoms with van der Waals surface area (Å²) in [6, 6.07) is 0. The summed E-state index contributed by atoms with van der Waals surface area (Å²) in [7, 11) is 0. The predicted octanol–water partition coefficient (Wildman–Crippen LogP) is 2.07. The first-order chi connectivity index (χ1) is 9.40. The number of carboxylic acids is 1. The van der Waals surface area contributed by atoms with Gasteiger partial charge in [0.05, 0.1) is 6.42 Å². The second kappa shape index (κ2) is 10.00. The number of ether oxygens (including phenoxy) is 2. The summed E-state index contributed by atoms with van der Waals surface area (Å²) in [4.78, 5) is 33.2. The number of hydrogen-bond donors (Lipinski definition) is 1. The lowest BCUT2D eigenvalue weighted by atomic mass is 10.1. The molecule has 0 aromatic carbocycles. The molecule has 0 saturated heterocycles. The van der Waals surface area contributed by atoms with E-state index in [2.05, 4.69) is 11.3 Å². The number of rotatable bonds is 10. The van der Waals surface area contributed by atoms with Crippen LogP contribution in [-0.4, -0.2) is 35.7 Å². The fraction of sp³-hybridized carbons (Fsp3) is 0.643. The Morgan fingerprint density at radius 3 is 2.15 bits per heavy atom. The van der Waals surface area contributed by atoms with Crippen molar-refractivity contribution < 1.29 is 29.0 Å². The van der Waals surface area contributed by atoms with Gasteiger partial charge < -0.3 is 14.6 Å². The van der Waals surface area contributed by atoms with Crippen molar-refractivity contribution in [1.29, 1.82) is 0 Å². The Bertz CT molecular complexity index is 355. The Morgan fingerprint density at radius 1 is 1.15 bits per heavy atom. The minimum Gasteiger partial charge on any atom is -0.479 e. The first kappa shape index (κ1) is 18.1. The van der Waals surface area contributed by atoms with Crippen LogP contribution in [0.25, 0.3) is 0 Å². The third-order valence-electron chi connectivity index (χ3n) is 2.49. The van der Waals surface area contributed by atoms with Crippen LogP contribution in [0.4, 0.5) is 0 Å². The highest BCUT2D eigenvalue weighted by Crippen LogP contribution is 2.12. The van der Waals surface area contributed by atoms with E-state index < -0.39 is 24.5 Å². The number of carbonyl (C=O) groups is 3. The van der Waals surface area contributed by atoms with Gasteiger partial charge in [-0.1, -0.05) is 33.3 Å². The minimum absolute atomic E-state index is 0.108. The van der Waals surface area contributed by atoms with Gasteiger partial charge in [-0.25, -0.2) is 9.59 Å². The molecule has 0 fully saturated rings. The average Bonchev–Trinajstić information content (AvgIpc) is 2.36. The van der Waals surface area contributed by atoms with Crippen LogP contribution >= 0.6 is 0 Å². The topological polar surface area (TPSA) is 89.9 Å². The van der Waals surface area contributed by atoms with Gasteiger partial charge in [0.25, 0.3) is 0 Å². The largest absolute Gasteiger partial charge is 0.479 e.